The Morgan fingerprint density at radius 2 is 2.36 bits per heavy atom. The lowest BCUT2D eigenvalue weighted by molar-refractivity contribution is -0.129. The fraction of sp³-hybridized carbons (Fsp3) is 0.778. The Bertz CT molecular complexity index is 288. The first-order chi connectivity index (χ1) is 6.59. The maximum absolute atomic E-state index is 10.7. The van der Waals surface area contributed by atoms with E-state index in [0.717, 1.165) is 12.8 Å². The van der Waals surface area contributed by atoms with E-state index in [4.69, 9.17) is 5.11 Å². The average molecular weight is 197 g/mol. The van der Waals surface area contributed by atoms with Gasteiger partial charge in [0.05, 0.1) is 0 Å². The van der Waals surface area contributed by atoms with Crippen molar-refractivity contribution in [1.29, 1.82) is 0 Å². The molecule has 2 unspecified atom stereocenters. The number of hydrogen-bond donors (Lipinski definition) is 2. The minimum absolute atomic E-state index is 0.0356. The van der Waals surface area contributed by atoms with Gasteiger partial charge in [0.2, 0.25) is 5.84 Å². The minimum Gasteiger partial charge on any atom is -0.475 e. The van der Waals surface area contributed by atoms with Crippen LogP contribution in [0.15, 0.2) is 4.99 Å². The summed E-state index contributed by atoms with van der Waals surface area (Å²) in [6.07, 6.45) is 2.08. The Balaban J connectivity index is 2.10. The predicted molar refractivity (Wildman–Crippen MR) is 51.7 cm³/mol. The van der Waals surface area contributed by atoms with E-state index < -0.39 is 5.97 Å². The van der Waals surface area contributed by atoms with E-state index in [9.17, 15) is 4.79 Å². The van der Waals surface area contributed by atoms with Crippen LogP contribution < -0.4 is 5.43 Å². The third-order valence-corrected chi connectivity index (χ3v) is 2.88. The number of aliphatic imine (C=N–C) groups is 1. The summed E-state index contributed by atoms with van der Waals surface area (Å²) in [5.41, 5.74) is 2.87. The van der Waals surface area contributed by atoms with Gasteiger partial charge < -0.3 is 5.11 Å². The summed E-state index contributed by atoms with van der Waals surface area (Å²) < 4.78 is 0. The zero-order valence-corrected chi connectivity index (χ0v) is 8.40. The van der Waals surface area contributed by atoms with Crippen molar-refractivity contribution >= 4 is 11.8 Å². The van der Waals surface area contributed by atoms with Gasteiger partial charge in [0.15, 0.2) is 0 Å². The van der Waals surface area contributed by atoms with Crippen LogP contribution in [0.5, 0.6) is 0 Å². The summed E-state index contributed by atoms with van der Waals surface area (Å²) in [6.45, 7) is 4.29. The third-order valence-electron chi connectivity index (χ3n) is 2.88. The number of rotatable bonds is 2. The van der Waals surface area contributed by atoms with Gasteiger partial charge in [-0.25, -0.2) is 9.79 Å². The van der Waals surface area contributed by atoms with E-state index in [1.807, 2.05) is 5.01 Å². The zero-order valence-electron chi connectivity index (χ0n) is 8.40. The predicted octanol–water partition coefficient (Wildman–Crippen LogP) is 0.434. The molecule has 1 saturated heterocycles. The second-order valence-electron chi connectivity index (χ2n) is 4.17. The number of carbonyl (C=O) groups is 1. The van der Waals surface area contributed by atoms with Crippen LogP contribution in [0.3, 0.4) is 0 Å². The van der Waals surface area contributed by atoms with Gasteiger partial charge in [-0.3, -0.25) is 5.43 Å². The van der Waals surface area contributed by atoms with Crippen molar-refractivity contribution in [1.82, 2.24) is 10.4 Å². The normalized spacial score (nSPS) is 31.5. The molecule has 0 saturated carbocycles. The number of hydrogen-bond acceptors (Lipinski definition) is 4. The van der Waals surface area contributed by atoms with Crippen LogP contribution in [0.2, 0.25) is 0 Å². The molecule has 2 heterocycles. The molecule has 0 spiro atoms. The maximum atomic E-state index is 10.7. The summed E-state index contributed by atoms with van der Waals surface area (Å²) in [7, 11) is 0. The Kier molecular flexibility index (Phi) is 2.19. The van der Waals surface area contributed by atoms with Crippen molar-refractivity contribution in [2.75, 3.05) is 0 Å². The molecule has 2 aliphatic rings. The second kappa shape index (κ2) is 3.24. The topological polar surface area (TPSA) is 64.9 Å². The molecule has 0 aromatic carbocycles. The van der Waals surface area contributed by atoms with E-state index >= 15 is 0 Å². The smallest absolute Gasteiger partial charge is 0.372 e. The molecule has 5 nitrogen and oxygen atoms in total. The van der Waals surface area contributed by atoms with Crippen molar-refractivity contribution in [2.45, 2.75) is 38.9 Å². The number of carboxylic acid groups (broad SMARTS) is 1. The SMILES string of the molecule is CC(C)C1CCC2N=C(C(=O)O)NN21. The van der Waals surface area contributed by atoms with E-state index in [1.54, 1.807) is 0 Å². The highest BCUT2D eigenvalue weighted by atomic mass is 16.4. The summed E-state index contributed by atoms with van der Waals surface area (Å²) in [4.78, 5) is 14.8. The molecule has 2 aliphatic heterocycles. The largest absolute Gasteiger partial charge is 0.475 e. The van der Waals surface area contributed by atoms with E-state index in [1.165, 1.54) is 0 Å². The van der Waals surface area contributed by atoms with E-state index in [-0.39, 0.29) is 12.0 Å². The molecule has 2 N–H and O–H groups in total. The number of aliphatic carboxylic acids is 1. The summed E-state index contributed by atoms with van der Waals surface area (Å²) in [5.74, 6) is -0.363. The molecular formula is C9H15N3O2. The van der Waals surface area contributed by atoms with Crippen molar-refractivity contribution in [3.63, 3.8) is 0 Å². The Labute approximate surface area is 82.8 Å². The molecule has 0 amide bonds. The highest BCUT2D eigenvalue weighted by molar-refractivity contribution is 6.34. The molecule has 0 radical (unpaired) electrons. The van der Waals surface area contributed by atoms with Crippen LogP contribution >= 0.6 is 0 Å². The van der Waals surface area contributed by atoms with Gasteiger partial charge in [0, 0.05) is 6.04 Å². The molecule has 2 atom stereocenters. The number of carboxylic acids is 1. The van der Waals surface area contributed by atoms with Crippen molar-refractivity contribution in [2.24, 2.45) is 10.9 Å². The highest BCUT2D eigenvalue weighted by Crippen LogP contribution is 2.30. The lowest BCUT2D eigenvalue weighted by Crippen LogP contribution is -2.46. The molecular weight excluding hydrogens is 182 g/mol. The maximum Gasteiger partial charge on any atom is 0.372 e. The highest BCUT2D eigenvalue weighted by Gasteiger charge is 2.40. The number of nitrogens with zero attached hydrogens (tertiary/aromatic N) is 2. The van der Waals surface area contributed by atoms with E-state index in [2.05, 4.69) is 24.3 Å². The summed E-state index contributed by atoms with van der Waals surface area (Å²) >= 11 is 0. The first kappa shape index (κ1) is 9.45. The minimum atomic E-state index is -0.970. The molecule has 1 fully saturated rings. The lowest BCUT2D eigenvalue weighted by Gasteiger charge is -2.26. The summed E-state index contributed by atoms with van der Waals surface area (Å²) in [5, 5.41) is 10.8. The second-order valence-corrected chi connectivity index (χ2v) is 4.17. The fourth-order valence-corrected chi connectivity index (χ4v) is 2.16. The number of hydrazine groups is 1. The Morgan fingerprint density at radius 3 is 2.93 bits per heavy atom. The molecule has 5 heteroatoms. The van der Waals surface area contributed by atoms with Gasteiger partial charge in [0.1, 0.15) is 6.17 Å². The Morgan fingerprint density at radius 1 is 1.64 bits per heavy atom. The average Bonchev–Trinajstić information content (AvgIpc) is 2.58. The standard InChI is InChI=1S/C9H15N3O2/c1-5(2)6-3-4-7-10-8(9(13)14)11-12(6)7/h5-7H,3-4H2,1-2H3,(H,10,11)(H,13,14). The third kappa shape index (κ3) is 1.37. The van der Waals surface area contributed by atoms with Gasteiger partial charge in [-0.15, -0.1) is 0 Å². The quantitative estimate of drug-likeness (QED) is 0.674. The molecule has 78 valence electrons. The van der Waals surface area contributed by atoms with Gasteiger partial charge in [-0.05, 0) is 18.8 Å². The fourth-order valence-electron chi connectivity index (χ4n) is 2.16. The molecule has 0 bridgehead atoms. The monoisotopic (exact) mass is 197 g/mol. The van der Waals surface area contributed by atoms with Crippen LogP contribution in [0.25, 0.3) is 0 Å². The number of amidine groups is 1. The van der Waals surface area contributed by atoms with Crippen LogP contribution in [0.4, 0.5) is 0 Å². The first-order valence-corrected chi connectivity index (χ1v) is 4.95. The number of fused-ring (bicyclic) bond motifs is 1. The van der Waals surface area contributed by atoms with Crippen LogP contribution in [-0.4, -0.2) is 34.1 Å². The van der Waals surface area contributed by atoms with E-state index in [0.29, 0.717) is 12.0 Å². The van der Waals surface area contributed by atoms with Crippen LogP contribution in [0.1, 0.15) is 26.7 Å². The van der Waals surface area contributed by atoms with Crippen LogP contribution in [-0.2, 0) is 4.79 Å². The van der Waals surface area contributed by atoms with Crippen molar-refractivity contribution < 1.29 is 9.90 Å². The van der Waals surface area contributed by atoms with Gasteiger partial charge in [-0.1, -0.05) is 13.8 Å². The molecule has 0 aliphatic carbocycles. The zero-order chi connectivity index (χ0) is 10.3. The first-order valence-electron chi connectivity index (χ1n) is 4.95. The lowest BCUT2D eigenvalue weighted by atomic mass is 10.0. The van der Waals surface area contributed by atoms with Crippen molar-refractivity contribution in [3.8, 4) is 0 Å². The molecule has 0 aromatic rings. The molecule has 2 rings (SSSR count). The van der Waals surface area contributed by atoms with Crippen LogP contribution in [0, 0.1) is 5.92 Å². The number of nitrogens with one attached hydrogen (secondary N) is 1. The van der Waals surface area contributed by atoms with Gasteiger partial charge in [0.25, 0.3) is 0 Å². The van der Waals surface area contributed by atoms with Crippen molar-refractivity contribution in [3.05, 3.63) is 0 Å². The summed E-state index contributed by atoms with van der Waals surface area (Å²) in [6, 6.07) is 0.403. The Hall–Kier alpha value is -1.10. The van der Waals surface area contributed by atoms with Gasteiger partial charge >= 0.3 is 5.97 Å². The van der Waals surface area contributed by atoms with Gasteiger partial charge in [-0.2, -0.15) is 5.01 Å². The molecule has 14 heavy (non-hydrogen) atoms. The molecule has 0 aromatic heterocycles.